The van der Waals surface area contributed by atoms with E-state index in [-0.39, 0.29) is 6.42 Å². The summed E-state index contributed by atoms with van der Waals surface area (Å²) in [6, 6.07) is 11.6. The topological polar surface area (TPSA) is 80.9 Å². The van der Waals surface area contributed by atoms with Gasteiger partial charge in [-0.3, -0.25) is 9.78 Å². The van der Waals surface area contributed by atoms with Gasteiger partial charge in [0.2, 0.25) is 0 Å². The molecule has 0 aliphatic carbocycles. The van der Waals surface area contributed by atoms with Crippen LogP contribution in [-0.4, -0.2) is 31.1 Å². The number of aryl methyl sites for hydroxylation is 1. The summed E-state index contributed by atoms with van der Waals surface area (Å²) in [5.74, 6) is -1.42. The maximum Gasteiger partial charge on any atom is 0.307 e. The van der Waals surface area contributed by atoms with Crippen LogP contribution in [0.2, 0.25) is 0 Å². The number of pyridine rings is 1. The highest BCUT2D eigenvalue weighted by Crippen LogP contribution is 2.30. The first-order valence-electron chi connectivity index (χ1n) is 7.66. The van der Waals surface area contributed by atoms with Crippen LogP contribution in [0, 0.1) is 12.7 Å². The molecule has 0 fully saturated rings. The summed E-state index contributed by atoms with van der Waals surface area (Å²) >= 11 is 0. The molecule has 0 aliphatic rings. The summed E-state index contributed by atoms with van der Waals surface area (Å²) in [5, 5.41) is 18.1. The Hall–Kier alpha value is -3.35. The zero-order chi connectivity index (χ0) is 17.6. The molecule has 0 saturated carbocycles. The van der Waals surface area contributed by atoms with Gasteiger partial charge in [-0.05, 0) is 37.3 Å². The zero-order valence-corrected chi connectivity index (χ0v) is 13.3. The molecule has 0 amide bonds. The molecule has 0 aliphatic heterocycles. The van der Waals surface area contributed by atoms with Crippen molar-refractivity contribution < 1.29 is 14.3 Å². The van der Waals surface area contributed by atoms with Crippen molar-refractivity contribution in [2.45, 2.75) is 13.3 Å². The Morgan fingerprint density at radius 2 is 2.00 bits per heavy atom. The Morgan fingerprint density at radius 1 is 1.20 bits per heavy atom. The number of carbonyl (C=O) groups is 1. The van der Waals surface area contributed by atoms with Crippen LogP contribution in [0.15, 0.2) is 42.5 Å². The van der Waals surface area contributed by atoms with Gasteiger partial charge in [-0.2, -0.15) is 0 Å². The van der Waals surface area contributed by atoms with Crippen LogP contribution in [0.4, 0.5) is 4.39 Å². The molecule has 0 bridgehead atoms. The molecule has 2 aromatic heterocycles. The number of hydrogen-bond donors (Lipinski definition) is 1. The second-order valence-corrected chi connectivity index (χ2v) is 5.75. The number of para-hydroxylation sites is 1. The van der Waals surface area contributed by atoms with E-state index in [9.17, 15) is 14.3 Å². The fourth-order valence-electron chi connectivity index (χ4n) is 3.02. The summed E-state index contributed by atoms with van der Waals surface area (Å²) in [4.78, 5) is 15.8. The zero-order valence-electron chi connectivity index (χ0n) is 13.3. The average molecular weight is 336 g/mol. The largest absolute Gasteiger partial charge is 0.481 e. The van der Waals surface area contributed by atoms with Crippen molar-refractivity contribution in [1.82, 2.24) is 20.0 Å². The van der Waals surface area contributed by atoms with E-state index in [1.165, 1.54) is 12.1 Å². The van der Waals surface area contributed by atoms with Crippen molar-refractivity contribution in [3.63, 3.8) is 0 Å². The van der Waals surface area contributed by atoms with E-state index < -0.39 is 11.8 Å². The van der Waals surface area contributed by atoms with Crippen LogP contribution in [0.3, 0.4) is 0 Å². The van der Waals surface area contributed by atoms with Crippen molar-refractivity contribution in [3.8, 4) is 5.69 Å². The minimum absolute atomic E-state index is 0.241. The number of benzene rings is 2. The predicted octanol–water partition coefficient (Wildman–Crippen LogP) is 3.04. The smallest absolute Gasteiger partial charge is 0.307 e. The highest BCUT2D eigenvalue weighted by Gasteiger charge is 2.20. The summed E-state index contributed by atoms with van der Waals surface area (Å²) in [7, 11) is 0. The molecule has 4 rings (SSSR count). The second kappa shape index (κ2) is 5.62. The number of rotatable bonds is 3. The maximum atomic E-state index is 13.9. The summed E-state index contributed by atoms with van der Waals surface area (Å²) in [6.07, 6.45) is -0.241. The van der Waals surface area contributed by atoms with Crippen molar-refractivity contribution >= 4 is 27.9 Å². The van der Waals surface area contributed by atoms with Gasteiger partial charge in [-0.15, -0.1) is 5.10 Å². The van der Waals surface area contributed by atoms with Crippen LogP contribution >= 0.6 is 0 Å². The van der Waals surface area contributed by atoms with Crippen molar-refractivity contribution in [1.29, 1.82) is 0 Å². The fraction of sp³-hybridized carbons (Fsp3) is 0.111. The van der Waals surface area contributed by atoms with Crippen LogP contribution < -0.4 is 0 Å². The summed E-state index contributed by atoms with van der Waals surface area (Å²) in [5.41, 5.74) is 3.51. The Balaban J connectivity index is 2.15. The Kier molecular flexibility index (Phi) is 3.42. The molecule has 2 heterocycles. The van der Waals surface area contributed by atoms with E-state index in [1.807, 2.05) is 24.3 Å². The van der Waals surface area contributed by atoms with Crippen LogP contribution in [0.25, 0.3) is 27.6 Å². The number of hydrogen-bond acceptors (Lipinski definition) is 4. The molecule has 0 spiro atoms. The molecule has 4 aromatic rings. The normalized spacial score (nSPS) is 11.3. The third-order valence-corrected chi connectivity index (χ3v) is 4.12. The molecule has 0 saturated heterocycles. The Bertz CT molecular complexity index is 1140. The number of fused-ring (bicyclic) bond motifs is 2. The highest BCUT2D eigenvalue weighted by atomic mass is 19.1. The fourth-order valence-corrected chi connectivity index (χ4v) is 3.02. The van der Waals surface area contributed by atoms with E-state index in [0.29, 0.717) is 38.9 Å². The molecule has 25 heavy (non-hydrogen) atoms. The molecular formula is C18H13FN4O2. The number of halogens is 1. The molecule has 1 N–H and O–H groups in total. The third-order valence-electron chi connectivity index (χ3n) is 4.12. The Labute approximate surface area is 141 Å². The standard InChI is InChI=1S/C18H13FN4O2/c1-10-12(9-17(24)25)18(13-8-11(19)6-7-14(13)20-10)23-16-5-3-2-4-15(16)21-22-23/h2-8H,9H2,1H3,(H,24,25). The lowest BCUT2D eigenvalue weighted by Gasteiger charge is -2.14. The van der Waals surface area contributed by atoms with Gasteiger partial charge in [0, 0.05) is 16.6 Å². The SMILES string of the molecule is Cc1nc2ccc(F)cc2c(-n2nnc3ccccc32)c1CC(=O)O. The van der Waals surface area contributed by atoms with Crippen LogP contribution in [-0.2, 0) is 11.2 Å². The van der Waals surface area contributed by atoms with E-state index in [4.69, 9.17) is 0 Å². The molecule has 0 unspecified atom stereocenters. The van der Waals surface area contributed by atoms with Gasteiger partial charge < -0.3 is 5.11 Å². The van der Waals surface area contributed by atoms with Gasteiger partial charge in [0.15, 0.2) is 0 Å². The summed E-state index contributed by atoms with van der Waals surface area (Å²) < 4.78 is 15.4. The van der Waals surface area contributed by atoms with E-state index in [0.717, 1.165) is 0 Å². The quantitative estimate of drug-likeness (QED) is 0.622. The minimum atomic E-state index is -0.994. The van der Waals surface area contributed by atoms with Gasteiger partial charge in [0.05, 0.1) is 23.1 Å². The first-order valence-corrected chi connectivity index (χ1v) is 7.66. The van der Waals surface area contributed by atoms with Crippen molar-refractivity contribution in [3.05, 3.63) is 59.5 Å². The summed E-state index contributed by atoms with van der Waals surface area (Å²) in [6.45, 7) is 1.74. The molecule has 6 nitrogen and oxygen atoms in total. The molecule has 124 valence electrons. The lowest BCUT2D eigenvalue weighted by atomic mass is 10.0. The first kappa shape index (κ1) is 15.2. The average Bonchev–Trinajstić information content (AvgIpc) is 2.99. The lowest BCUT2D eigenvalue weighted by molar-refractivity contribution is -0.136. The minimum Gasteiger partial charge on any atom is -0.481 e. The first-order chi connectivity index (χ1) is 12.0. The molecule has 0 atom stereocenters. The number of aromatic nitrogens is 4. The lowest BCUT2D eigenvalue weighted by Crippen LogP contribution is -2.11. The number of nitrogens with zero attached hydrogens (tertiary/aromatic N) is 4. The number of carboxylic acid groups (broad SMARTS) is 1. The van der Waals surface area contributed by atoms with Gasteiger partial charge in [0.25, 0.3) is 0 Å². The van der Waals surface area contributed by atoms with Crippen molar-refractivity contribution in [2.75, 3.05) is 0 Å². The van der Waals surface area contributed by atoms with Crippen molar-refractivity contribution in [2.24, 2.45) is 0 Å². The third kappa shape index (κ3) is 2.50. The van der Waals surface area contributed by atoms with E-state index in [2.05, 4.69) is 15.3 Å². The monoisotopic (exact) mass is 336 g/mol. The van der Waals surface area contributed by atoms with Gasteiger partial charge in [-0.1, -0.05) is 17.3 Å². The number of carboxylic acids is 1. The van der Waals surface area contributed by atoms with E-state index in [1.54, 1.807) is 17.7 Å². The number of aliphatic carboxylic acids is 1. The van der Waals surface area contributed by atoms with Crippen LogP contribution in [0.1, 0.15) is 11.3 Å². The Morgan fingerprint density at radius 3 is 2.80 bits per heavy atom. The van der Waals surface area contributed by atoms with Gasteiger partial charge in [-0.25, -0.2) is 9.07 Å². The molecular weight excluding hydrogens is 323 g/mol. The molecule has 0 radical (unpaired) electrons. The van der Waals surface area contributed by atoms with Gasteiger partial charge >= 0.3 is 5.97 Å². The van der Waals surface area contributed by atoms with Gasteiger partial charge in [0.1, 0.15) is 11.3 Å². The maximum absolute atomic E-state index is 13.9. The molecule has 2 aromatic carbocycles. The molecule has 7 heteroatoms. The van der Waals surface area contributed by atoms with E-state index >= 15 is 0 Å². The predicted molar refractivity (Wildman–Crippen MR) is 90.2 cm³/mol. The highest BCUT2D eigenvalue weighted by molar-refractivity contribution is 5.92. The van der Waals surface area contributed by atoms with Crippen LogP contribution in [0.5, 0.6) is 0 Å². The second-order valence-electron chi connectivity index (χ2n) is 5.75.